The molecule has 27 heavy (non-hydrogen) atoms. The third kappa shape index (κ3) is 4.30. The number of hydrogen-bond acceptors (Lipinski definition) is 3. The van der Waals surface area contributed by atoms with Gasteiger partial charge in [-0.2, -0.15) is 0 Å². The summed E-state index contributed by atoms with van der Waals surface area (Å²) in [5.74, 6) is 0.699. The first-order valence-electron chi connectivity index (χ1n) is 9.35. The maximum Gasteiger partial charge on any atom is 0.254 e. The molecule has 0 radical (unpaired) electrons. The highest BCUT2D eigenvalue weighted by Gasteiger charge is 2.30. The summed E-state index contributed by atoms with van der Waals surface area (Å²) in [5.41, 5.74) is 2.43. The maximum atomic E-state index is 13.0. The van der Waals surface area contributed by atoms with Crippen LogP contribution in [0.25, 0.3) is 0 Å². The first-order valence-corrected chi connectivity index (χ1v) is 9.35. The maximum absolute atomic E-state index is 13.0. The van der Waals surface area contributed by atoms with Crippen molar-refractivity contribution in [2.75, 3.05) is 19.0 Å². The Hall–Kier alpha value is -2.82. The van der Waals surface area contributed by atoms with E-state index in [4.69, 9.17) is 4.74 Å². The van der Waals surface area contributed by atoms with Crippen molar-refractivity contribution in [2.45, 2.75) is 32.7 Å². The van der Waals surface area contributed by atoms with Gasteiger partial charge in [-0.25, -0.2) is 0 Å². The van der Waals surface area contributed by atoms with Crippen LogP contribution in [0, 0.1) is 5.92 Å². The Morgan fingerprint density at radius 3 is 2.56 bits per heavy atom. The minimum absolute atomic E-state index is 0.0158. The zero-order valence-electron chi connectivity index (χ0n) is 16.1. The molecule has 0 saturated carbocycles. The molecule has 1 saturated heterocycles. The molecule has 142 valence electrons. The largest absolute Gasteiger partial charge is 0.497 e. The second-order valence-electron chi connectivity index (χ2n) is 7.15. The van der Waals surface area contributed by atoms with Gasteiger partial charge in [0.25, 0.3) is 5.91 Å². The van der Waals surface area contributed by atoms with Gasteiger partial charge in [-0.3, -0.25) is 9.59 Å². The normalized spacial score (nSPS) is 16.4. The van der Waals surface area contributed by atoms with Crippen molar-refractivity contribution >= 4 is 17.5 Å². The van der Waals surface area contributed by atoms with Gasteiger partial charge in [0.05, 0.1) is 13.2 Å². The molecule has 1 fully saturated rings. The van der Waals surface area contributed by atoms with Gasteiger partial charge in [0, 0.05) is 23.7 Å². The minimum Gasteiger partial charge on any atom is -0.497 e. The van der Waals surface area contributed by atoms with E-state index in [1.165, 1.54) is 0 Å². The fraction of sp³-hybridized carbons (Fsp3) is 0.364. The molecule has 1 N–H and O–H groups in total. The summed E-state index contributed by atoms with van der Waals surface area (Å²) in [5, 5.41) is 2.85. The Morgan fingerprint density at radius 1 is 1.15 bits per heavy atom. The number of carbonyl (C=O) groups is 2. The number of nitrogens with zero attached hydrogens (tertiary/aromatic N) is 1. The average Bonchev–Trinajstić information content (AvgIpc) is 3.18. The molecule has 0 spiro atoms. The van der Waals surface area contributed by atoms with Crippen LogP contribution >= 0.6 is 0 Å². The lowest BCUT2D eigenvalue weighted by Gasteiger charge is -2.25. The Balaban J connectivity index is 1.75. The van der Waals surface area contributed by atoms with E-state index >= 15 is 0 Å². The highest BCUT2D eigenvalue weighted by atomic mass is 16.5. The Labute approximate surface area is 160 Å². The van der Waals surface area contributed by atoms with Crippen molar-refractivity contribution in [1.29, 1.82) is 0 Å². The van der Waals surface area contributed by atoms with Gasteiger partial charge in [0.2, 0.25) is 5.91 Å². The molecule has 1 aliphatic heterocycles. The number of nitrogens with one attached hydrogen (secondary N) is 1. The summed E-state index contributed by atoms with van der Waals surface area (Å²) in [4.78, 5) is 26.8. The highest BCUT2D eigenvalue weighted by molar-refractivity contribution is 5.96. The number of likely N-dealkylation sites (tertiary alicyclic amines) is 1. The standard InChI is InChI=1S/C22H26N2O3/c1-15(2)21(25)23-18-11-9-16(10-12-18)22(26)24-13-5-8-20(24)17-6-4-7-19(14-17)27-3/h4,6-7,9-12,14-15,20H,5,8,13H2,1-3H3,(H,23,25). The van der Waals surface area contributed by atoms with Gasteiger partial charge in [-0.05, 0) is 54.8 Å². The van der Waals surface area contributed by atoms with E-state index in [-0.39, 0.29) is 23.8 Å². The van der Waals surface area contributed by atoms with Crippen LogP contribution in [0.2, 0.25) is 0 Å². The summed E-state index contributed by atoms with van der Waals surface area (Å²) >= 11 is 0. The second kappa shape index (κ2) is 8.25. The number of hydrogen-bond donors (Lipinski definition) is 1. The van der Waals surface area contributed by atoms with E-state index in [0.717, 1.165) is 30.7 Å². The lowest BCUT2D eigenvalue weighted by atomic mass is 10.0. The molecule has 2 aromatic rings. The van der Waals surface area contributed by atoms with Crippen molar-refractivity contribution in [1.82, 2.24) is 4.90 Å². The predicted molar refractivity (Wildman–Crippen MR) is 106 cm³/mol. The Bertz CT molecular complexity index is 815. The zero-order valence-corrected chi connectivity index (χ0v) is 16.1. The molecule has 0 aliphatic carbocycles. The SMILES string of the molecule is COc1cccc(C2CCCN2C(=O)c2ccc(NC(=O)C(C)C)cc2)c1. The zero-order chi connectivity index (χ0) is 19.4. The molecular formula is C22H26N2O3. The molecule has 5 nitrogen and oxygen atoms in total. The van der Waals surface area contributed by atoms with Crippen LogP contribution < -0.4 is 10.1 Å². The number of amides is 2. The van der Waals surface area contributed by atoms with Gasteiger partial charge < -0.3 is 15.0 Å². The van der Waals surface area contributed by atoms with E-state index in [1.807, 2.05) is 43.0 Å². The topological polar surface area (TPSA) is 58.6 Å². The van der Waals surface area contributed by atoms with Crippen molar-refractivity contribution in [2.24, 2.45) is 5.92 Å². The third-order valence-electron chi connectivity index (χ3n) is 4.92. The van der Waals surface area contributed by atoms with Crippen LogP contribution in [0.15, 0.2) is 48.5 Å². The molecule has 3 rings (SSSR count). The lowest BCUT2D eigenvalue weighted by molar-refractivity contribution is -0.118. The van der Waals surface area contributed by atoms with E-state index in [1.54, 1.807) is 31.4 Å². The predicted octanol–water partition coefficient (Wildman–Crippen LogP) is 4.27. The van der Waals surface area contributed by atoms with Crippen LogP contribution in [0.5, 0.6) is 5.75 Å². The van der Waals surface area contributed by atoms with Crippen molar-refractivity contribution in [3.8, 4) is 5.75 Å². The first-order chi connectivity index (χ1) is 13.0. The Morgan fingerprint density at radius 2 is 1.89 bits per heavy atom. The number of ether oxygens (including phenoxy) is 1. The quantitative estimate of drug-likeness (QED) is 0.860. The number of carbonyl (C=O) groups excluding carboxylic acids is 2. The molecular weight excluding hydrogens is 340 g/mol. The molecule has 2 aromatic carbocycles. The van der Waals surface area contributed by atoms with Crippen molar-refractivity contribution in [3.05, 3.63) is 59.7 Å². The van der Waals surface area contributed by atoms with Crippen LogP contribution in [-0.4, -0.2) is 30.4 Å². The average molecular weight is 366 g/mol. The summed E-state index contributed by atoms with van der Waals surface area (Å²) in [6.45, 7) is 4.44. The highest BCUT2D eigenvalue weighted by Crippen LogP contribution is 2.34. The number of methoxy groups -OCH3 is 1. The van der Waals surface area contributed by atoms with Crippen LogP contribution in [0.3, 0.4) is 0 Å². The summed E-state index contributed by atoms with van der Waals surface area (Å²) in [6.07, 6.45) is 1.93. The summed E-state index contributed by atoms with van der Waals surface area (Å²) in [6, 6.07) is 15.1. The number of rotatable bonds is 5. The Kier molecular flexibility index (Phi) is 5.79. The van der Waals surface area contributed by atoms with E-state index in [9.17, 15) is 9.59 Å². The molecule has 0 bridgehead atoms. The van der Waals surface area contributed by atoms with Crippen LogP contribution in [-0.2, 0) is 4.79 Å². The molecule has 1 aliphatic rings. The van der Waals surface area contributed by atoms with Gasteiger partial charge in [0.15, 0.2) is 0 Å². The van der Waals surface area contributed by atoms with Gasteiger partial charge in [0.1, 0.15) is 5.75 Å². The fourth-order valence-electron chi connectivity index (χ4n) is 3.35. The minimum atomic E-state index is -0.0838. The van der Waals surface area contributed by atoms with E-state index in [2.05, 4.69) is 5.32 Å². The fourth-order valence-corrected chi connectivity index (χ4v) is 3.35. The smallest absolute Gasteiger partial charge is 0.254 e. The molecule has 1 heterocycles. The second-order valence-corrected chi connectivity index (χ2v) is 7.15. The van der Waals surface area contributed by atoms with Crippen LogP contribution in [0.4, 0.5) is 5.69 Å². The molecule has 2 amide bonds. The van der Waals surface area contributed by atoms with Gasteiger partial charge in [-0.1, -0.05) is 26.0 Å². The summed E-state index contributed by atoms with van der Waals surface area (Å²) < 4.78 is 5.32. The van der Waals surface area contributed by atoms with Crippen molar-refractivity contribution in [3.63, 3.8) is 0 Å². The van der Waals surface area contributed by atoms with Gasteiger partial charge >= 0.3 is 0 Å². The third-order valence-corrected chi connectivity index (χ3v) is 4.92. The van der Waals surface area contributed by atoms with Crippen molar-refractivity contribution < 1.29 is 14.3 Å². The molecule has 5 heteroatoms. The molecule has 1 unspecified atom stereocenters. The molecule has 1 atom stereocenters. The van der Waals surface area contributed by atoms with Crippen LogP contribution in [0.1, 0.15) is 48.7 Å². The van der Waals surface area contributed by atoms with Gasteiger partial charge in [-0.15, -0.1) is 0 Å². The monoisotopic (exact) mass is 366 g/mol. The molecule has 0 aromatic heterocycles. The number of benzene rings is 2. The number of anilines is 1. The van der Waals surface area contributed by atoms with E-state index < -0.39 is 0 Å². The summed E-state index contributed by atoms with van der Waals surface area (Å²) in [7, 11) is 1.65. The first kappa shape index (κ1) is 19.0. The van der Waals surface area contributed by atoms with E-state index in [0.29, 0.717) is 11.3 Å². The lowest BCUT2D eigenvalue weighted by Crippen LogP contribution is -2.30.